The highest BCUT2D eigenvalue weighted by Crippen LogP contribution is 2.21. The van der Waals surface area contributed by atoms with Gasteiger partial charge in [0, 0.05) is 12.6 Å². The second-order valence-corrected chi connectivity index (χ2v) is 2.54. The SMILES string of the molecule is CC.CC1=CCC(C(F)(F)F)=NC=C1. The van der Waals surface area contributed by atoms with E-state index in [0.29, 0.717) is 0 Å². The molecule has 0 radical (unpaired) electrons. The van der Waals surface area contributed by atoms with Crippen LogP contribution in [0.5, 0.6) is 0 Å². The van der Waals surface area contributed by atoms with Gasteiger partial charge < -0.3 is 0 Å². The molecule has 80 valence electrons. The van der Waals surface area contributed by atoms with Crippen molar-refractivity contribution in [2.24, 2.45) is 4.99 Å². The van der Waals surface area contributed by atoms with E-state index in [4.69, 9.17) is 0 Å². The molecule has 0 saturated carbocycles. The van der Waals surface area contributed by atoms with Crippen LogP contribution in [0.15, 0.2) is 28.9 Å². The van der Waals surface area contributed by atoms with Crippen molar-refractivity contribution in [1.29, 1.82) is 0 Å². The van der Waals surface area contributed by atoms with Crippen molar-refractivity contribution < 1.29 is 13.2 Å². The summed E-state index contributed by atoms with van der Waals surface area (Å²) in [5, 5.41) is 0. The van der Waals surface area contributed by atoms with Crippen molar-refractivity contribution >= 4 is 5.71 Å². The monoisotopic (exact) mass is 205 g/mol. The minimum absolute atomic E-state index is 0.137. The van der Waals surface area contributed by atoms with Crippen LogP contribution in [0.1, 0.15) is 27.2 Å². The number of allylic oxidation sites excluding steroid dienone is 3. The number of rotatable bonds is 0. The molecule has 0 atom stereocenters. The zero-order valence-corrected chi connectivity index (χ0v) is 8.52. The molecule has 0 saturated heterocycles. The lowest BCUT2D eigenvalue weighted by Crippen LogP contribution is -2.21. The highest BCUT2D eigenvalue weighted by atomic mass is 19.4. The molecule has 1 aliphatic heterocycles. The first-order valence-electron chi connectivity index (χ1n) is 4.47. The third kappa shape index (κ3) is 4.25. The summed E-state index contributed by atoms with van der Waals surface area (Å²) in [6.45, 7) is 5.74. The number of halogens is 3. The Kier molecular flexibility index (Phi) is 5.20. The molecule has 0 N–H and O–H groups in total. The van der Waals surface area contributed by atoms with Gasteiger partial charge in [-0.15, -0.1) is 0 Å². The predicted octanol–water partition coefficient (Wildman–Crippen LogP) is 3.88. The summed E-state index contributed by atoms with van der Waals surface area (Å²) in [4.78, 5) is 3.30. The van der Waals surface area contributed by atoms with Crippen LogP contribution in [0.4, 0.5) is 13.2 Å². The summed E-state index contributed by atoms with van der Waals surface area (Å²) in [6.07, 6.45) is -0.190. The Morgan fingerprint density at radius 2 is 1.86 bits per heavy atom. The number of alkyl halides is 3. The van der Waals surface area contributed by atoms with E-state index < -0.39 is 11.9 Å². The molecule has 0 aliphatic carbocycles. The summed E-state index contributed by atoms with van der Waals surface area (Å²) < 4.78 is 36.2. The average Bonchev–Trinajstić information content (AvgIpc) is 2.32. The van der Waals surface area contributed by atoms with Gasteiger partial charge in [-0.3, -0.25) is 4.99 Å². The van der Waals surface area contributed by atoms with E-state index in [2.05, 4.69) is 4.99 Å². The molecule has 1 nitrogen and oxygen atoms in total. The molecule has 1 rings (SSSR count). The quantitative estimate of drug-likeness (QED) is 0.569. The van der Waals surface area contributed by atoms with Gasteiger partial charge in [0.15, 0.2) is 0 Å². The van der Waals surface area contributed by atoms with E-state index in [1.54, 1.807) is 13.0 Å². The molecule has 0 aromatic heterocycles. The maximum absolute atomic E-state index is 12.1. The van der Waals surface area contributed by atoms with E-state index in [1.807, 2.05) is 13.8 Å². The highest BCUT2D eigenvalue weighted by Gasteiger charge is 2.34. The van der Waals surface area contributed by atoms with Gasteiger partial charge >= 0.3 is 6.18 Å². The molecule has 0 unspecified atom stereocenters. The third-order valence-corrected chi connectivity index (χ3v) is 1.51. The first kappa shape index (κ1) is 12.9. The van der Waals surface area contributed by atoms with Crippen LogP contribution in [-0.2, 0) is 0 Å². The van der Waals surface area contributed by atoms with Gasteiger partial charge in [0.25, 0.3) is 0 Å². The van der Waals surface area contributed by atoms with Crippen molar-refractivity contribution in [1.82, 2.24) is 0 Å². The Morgan fingerprint density at radius 3 is 2.36 bits per heavy atom. The van der Waals surface area contributed by atoms with E-state index in [9.17, 15) is 13.2 Å². The van der Waals surface area contributed by atoms with E-state index in [1.165, 1.54) is 12.3 Å². The molecule has 0 amide bonds. The van der Waals surface area contributed by atoms with Gasteiger partial charge in [-0.1, -0.05) is 25.5 Å². The second-order valence-electron chi connectivity index (χ2n) is 2.54. The van der Waals surface area contributed by atoms with Crippen LogP contribution < -0.4 is 0 Å². The van der Waals surface area contributed by atoms with Crippen LogP contribution in [0.3, 0.4) is 0 Å². The van der Waals surface area contributed by atoms with Crippen LogP contribution in [-0.4, -0.2) is 11.9 Å². The van der Waals surface area contributed by atoms with Crippen LogP contribution in [0.2, 0.25) is 0 Å². The normalized spacial score (nSPS) is 16.1. The Bertz CT molecular complexity index is 256. The summed E-state index contributed by atoms with van der Waals surface area (Å²) in [5.41, 5.74) is 0.0635. The number of aliphatic imine (C=N–C) groups is 1. The maximum atomic E-state index is 12.1. The maximum Gasteiger partial charge on any atom is 0.429 e. The second kappa shape index (κ2) is 5.62. The third-order valence-electron chi connectivity index (χ3n) is 1.51. The number of nitrogens with zero attached hydrogens (tertiary/aromatic N) is 1. The molecule has 14 heavy (non-hydrogen) atoms. The van der Waals surface area contributed by atoms with Crippen molar-refractivity contribution in [2.45, 2.75) is 33.4 Å². The van der Waals surface area contributed by atoms with Gasteiger partial charge in [-0.2, -0.15) is 13.2 Å². The summed E-state index contributed by atoms with van der Waals surface area (Å²) >= 11 is 0. The van der Waals surface area contributed by atoms with Crippen LogP contribution in [0.25, 0.3) is 0 Å². The van der Waals surface area contributed by atoms with Crippen LogP contribution >= 0.6 is 0 Å². The van der Waals surface area contributed by atoms with Crippen LogP contribution in [0, 0.1) is 0 Å². The number of hydrogen-bond donors (Lipinski definition) is 0. The minimum atomic E-state index is -4.30. The molecule has 4 heteroatoms. The zero-order chi connectivity index (χ0) is 11.2. The molecule has 1 heterocycles. The van der Waals surface area contributed by atoms with Crippen molar-refractivity contribution in [3.8, 4) is 0 Å². The highest BCUT2D eigenvalue weighted by molar-refractivity contribution is 5.91. The molecule has 0 aromatic rings. The standard InChI is InChI=1S/C8H8F3N.C2H6/c1-6-2-3-7(8(9,10)11)12-5-4-6;1-2/h2,4-5H,3H2,1H3;1-2H3. The lowest BCUT2D eigenvalue weighted by Gasteiger charge is -2.05. The summed E-state index contributed by atoms with van der Waals surface area (Å²) in [5.74, 6) is 0. The minimum Gasteiger partial charge on any atom is -0.256 e. The van der Waals surface area contributed by atoms with Gasteiger partial charge in [0.2, 0.25) is 0 Å². The fourth-order valence-corrected chi connectivity index (χ4v) is 0.812. The molecule has 0 aromatic carbocycles. The van der Waals surface area contributed by atoms with Gasteiger partial charge in [-0.25, -0.2) is 0 Å². The van der Waals surface area contributed by atoms with Crippen molar-refractivity contribution in [2.75, 3.05) is 0 Å². The molecular formula is C10H14F3N. The number of hydrogen-bond acceptors (Lipinski definition) is 1. The Labute approximate surface area is 82.0 Å². The summed E-state index contributed by atoms with van der Waals surface area (Å²) in [7, 11) is 0. The van der Waals surface area contributed by atoms with E-state index >= 15 is 0 Å². The average molecular weight is 205 g/mol. The van der Waals surface area contributed by atoms with Crippen molar-refractivity contribution in [3.05, 3.63) is 23.9 Å². The topological polar surface area (TPSA) is 12.4 Å². The van der Waals surface area contributed by atoms with Gasteiger partial charge in [0.05, 0.1) is 0 Å². The van der Waals surface area contributed by atoms with Gasteiger partial charge in [-0.05, 0) is 13.0 Å². The zero-order valence-electron chi connectivity index (χ0n) is 8.52. The first-order chi connectivity index (χ1) is 6.50. The van der Waals surface area contributed by atoms with Crippen molar-refractivity contribution in [3.63, 3.8) is 0 Å². The smallest absolute Gasteiger partial charge is 0.256 e. The molecule has 1 aliphatic rings. The molecule has 0 bridgehead atoms. The fourth-order valence-electron chi connectivity index (χ4n) is 0.812. The van der Waals surface area contributed by atoms with E-state index in [-0.39, 0.29) is 6.42 Å². The van der Waals surface area contributed by atoms with Gasteiger partial charge in [0.1, 0.15) is 5.71 Å². The molecular weight excluding hydrogens is 191 g/mol. The largest absolute Gasteiger partial charge is 0.429 e. The van der Waals surface area contributed by atoms with E-state index in [0.717, 1.165) is 5.57 Å². The molecule has 0 fully saturated rings. The Hall–Kier alpha value is -1.06. The molecule has 0 spiro atoms. The Balaban J connectivity index is 0.000000791. The Morgan fingerprint density at radius 1 is 1.29 bits per heavy atom. The lowest BCUT2D eigenvalue weighted by atomic mass is 10.2. The summed E-state index contributed by atoms with van der Waals surface area (Å²) in [6, 6.07) is 0. The fraction of sp³-hybridized carbons (Fsp3) is 0.500. The predicted molar refractivity (Wildman–Crippen MR) is 52.4 cm³/mol. The first-order valence-corrected chi connectivity index (χ1v) is 4.47. The lowest BCUT2D eigenvalue weighted by molar-refractivity contribution is -0.0599.